The Morgan fingerprint density at radius 3 is 2.02 bits per heavy atom. The molecule has 12 aromatic rings. The summed E-state index contributed by atoms with van der Waals surface area (Å²) < 4.78 is 8.52. The van der Waals surface area contributed by atoms with Crippen molar-refractivity contribution in [1.29, 1.82) is 0 Å². The van der Waals surface area contributed by atoms with Crippen molar-refractivity contribution in [2.24, 2.45) is 0 Å². The fourth-order valence-electron chi connectivity index (χ4n) is 8.56. The van der Waals surface area contributed by atoms with Crippen molar-refractivity contribution < 1.29 is 4.42 Å². The molecule has 0 saturated heterocycles. The maximum absolute atomic E-state index is 6.12. The summed E-state index contributed by atoms with van der Waals surface area (Å²) in [5.74, 6) is 1.63. The van der Waals surface area contributed by atoms with Gasteiger partial charge in [-0.05, 0) is 63.7 Å². The quantitative estimate of drug-likeness (QED) is 0.176. The number of aromatic nitrogens is 5. The predicted molar refractivity (Wildman–Crippen MR) is 236 cm³/mol. The number of hydrogen-bond acceptors (Lipinski definition) is 5. The smallest absolute Gasteiger partial charge is 0.182 e. The van der Waals surface area contributed by atoms with E-state index in [1.165, 1.54) is 27.1 Å². The van der Waals surface area contributed by atoms with Crippen LogP contribution in [0, 0.1) is 0 Å². The lowest BCUT2D eigenvalue weighted by Gasteiger charge is -2.14. The number of pyridine rings is 1. The van der Waals surface area contributed by atoms with E-state index in [4.69, 9.17) is 24.4 Å². The molecule has 4 heterocycles. The summed E-state index contributed by atoms with van der Waals surface area (Å²) in [7, 11) is 0. The third kappa shape index (κ3) is 5.12. The van der Waals surface area contributed by atoms with E-state index in [-0.39, 0.29) is 0 Å². The second-order valence-corrected chi connectivity index (χ2v) is 14.7. The van der Waals surface area contributed by atoms with Gasteiger partial charge in [0.05, 0.1) is 17.2 Å². The van der Waals surface area contributed by atoms with Crippen molar-refractivity contribution in [3.05, 3.63) is 188 Å². The Bertz CT molecular complexity index is 3600. The Morgan fingerprint density at radius 2 is 1.10 bits per heavy atom. The van der Waals surface area contributed by atoms with Gasteiger partial charge in [-0.1, -0.05) is 146 Å². The molecule has 0 unspecified atom stereocenters. The largest absolute Gasteiger partial charge is 0.454 e. The standard InChI is InChI=1S/C52H31N5O/c1-2-14-34-28-36(25-24-32(34)12-1)50-54-51(56-52(55-50)45-30-44-41-20-8-10-23-47(41)58-48(44)31-53-45)43-21-6-5-17-38(43)35-15-11-16-37(29-35)57-46-22-9-7-19-40(46)42-27-26-33-13-3-4-18-39(33)49(42)57/h1-31H. The molecule has 0 fully saturated rings. The van der Waals surface area contributed by atoms with Gasteiger partial charge in [0, 0.05) is 43.7 Å². The van der Waals surface area contributed by atoms with Gasteiger partial charge in [-0.2, -0.15) is 0 Å². The van der Waals surface area contributed by atoms with Gasteiger partial charge in [-0.15, -0.1) is 0 Å². The molecule has 6 nitrogen and oxygen atoms in total. The summed E-state index contributed by atoms with van der Waals surface area (Å²) in [4.78, 5) is 20.3. The fourth-order valence-corrected chi connectivity index (χ4v) is 8.56. The lowest BCUT2D eigenvalue weighted by molar-refractivity contribution is 0.667. The van der Waals surface area contributed by atoms with Crippen molar-refractivity contribution in [2.75, 3.05) is 0 Å². The van der Waals surface area contributed by atoms with Gasteiger partial charge in [0.2, 0.25) is 0 Å². The van der Waals surface area contributed by atoms with Crippen LogP contribution in [0.4, 0.5) is 0 Å². The van der Waals surface area contributed by atoms with Gasteiger partial charge in [-0.3, -0.25) is 0 Å². The first-order valence-corrected chi connectivity index (χ1v) is 19.4. The minimum Gasteiger partial charge on any atom is -0.454 e. The molecule has 0 bridgehead atoms. The molecule has 12 rings (SSSR count). The van der Waals surface area contributed by atoms with Gasteiger partial charge in [0.15, 0.2) is 23.1 Å². The Kier molecular flexibility index (Phi) is 7.13. The van der Waals surface area contributed by atoms with Crippen LogP contribution in [0.25, 0.3) is 116 Å². The molecule has 58 heavy (non-hydrogen) atoms. The summed E-state index contributed by atoms with van der Waals surface area (Å²) in [6, 6.07) is 63.7. The molecule has 0 aliphatic rings. The number of furan rings is 1. The average Bonchev–Trinajstić information content (AvgIpc) is 3.84. The lowest BCUT2D eigenvalue weighted by atomic mass is 9.98. The Hall–Kier alpha value is -7.96. The van der Waals surface area contributed by atoms with Gasteiger partial charge in [0.25, 0.3) is 0 Å². The molecular formula is C52H31N5O. The molecule has 0 N–H and O–H groups in total. The highest BCUT2D eigenvalue weighted by molar-refractivity contribution is 6.18. The third-order valence-electron chi connectivity index (χ3n) is 11.3. The molecule has 6 heteroatoms. The molecule has 0 atom stereocenters. The second-order valence-electron chi connectivity index (χ2n) is 14.7. The normalized spacial score (nSPS) is 11.8. The molecule has 0 spiro atoms. The molecule has 8 aromatic carbocycles. The summed E-state index contributed by atoms with van der Waals surface area (Å²) >= 11 is 0. The summed E-state index contributed by atoms with van der Waals surface area (Å²) in [6.45, 7) is 0. The van der Waals surface area contributed by atoms with Gasteiger partial charge >= 0.3 is 0 Å². The highest BCUT2D eigenvalue weighted by Crippen LogP contribution is 2.39. The summed E-state index contributed by atoms with van der Waals surface area (Å²) in [5, 5.41) is 9.14. The molecule has 4 aromatic heterocycles. The van der Waals surface area contributed by atoms with Crippen LogP contribution in [0.3, 0.4) is 0 Å². The SMILES string of the molecule is c1cc(-c2ccccc2-c2nc(-c3ccc4ccccc4c3)nc(-c3cc4c(cn3)oc3ccccc34)n2)cc(-n2c3ccccc3c3ccc4ccccc4c32)c1. The average molecular weight is 742 g/mol. The van der Waals surface area contributed by atoms with Crippen LogP contribution in [0.2, 0.25) is 0 Å². The third-order valence-corrected chi connectivity index (χ3v) is 11.3. The summed E-state index contributed by atoms with van der Waals surface area (Å²) in [6.07, 6.45) is 1.77. The van der Waals surface area contributed by atoms with E-state index in [0.29, 0.717) is 23.2 Å². The first kappa shape index (κ1) is 32.3. The van der Waals surface area contributed by atoms with Gasteiger partial charge in [0.1, 0.15) is 11.3 Å². The van der Waals surface area contributed by atoms with Crippen LogP contribution < -0.4 is 0 Å². The van der Waals surface area contributed by atoms with Crippen LogP contribution in [0.5, 0.6) is 0 Å². The monoisotopic (exact) mass is 741 g/mol. The fraction of sp³-hybridized carbons (Fsp3) is 0. The van der Waals surface area contributed by atoms with E-state index < -0.39 is 0 Å². The zero-order valence-electron chi connectivity index (χ0n) is 31.0. The van der Waals surface area contributed by atoms with E-state index in [1.54, 1.807) is 6.20 Å². The van der Waals surface area contributed by atoms with Gasteiger partial charge < -0.3 is 8.98 Å². The van der Waals surface area contributed by atoms with Crippen LogP contribution in [-0.2, 0) is 0 Å². The Labute approximate surface area is 332 Å². The molecule has 0 amide bonds. The molecule has 0 aliphatic heterocycles. The molecule has 270 valence electrons. The number of nitrogens with zero attached hydrogens (tertiary/aromatic N) is 5. The van der Waals surface area contributed by atoms with Crippen molar-refractivity contribution in [3.8, 4) is 51.1 Å². The van der Waals surface area contributed by atoms with E-state index in [2.05, 4.69) is 156 Å². The van der Waals surface area contributed by atoms with E-state index in [0.717, 1.165) is 66.2 Å². The topological polar surface area (TPSA) is 69.6 Å². The van der Waals surface area contributed by atoms with Gasteiger partial charge in [-0.25, -0.2) is 19.9 Å². The predicted octanol–water partition coefficient (Wildman–Crippen LogP) is 13.2. The van der Waals surface area contributed by atoms with Crippen LogP contribution in [0.15, 0.2) is 193 Å². The van der Waals surface area contributed by atoms with Crippen LogP contribution in [0.1, 0.15) is 0 Å². The minimum absolute atomic E-state index is 0.487. The maximum Gasteiger partial charge on any atom is 0.182 e. The number of fused-ring (bicyclic) bond motifs is 9. The van der Waals surface area contributed by atoms with E-state index >= 15 is 0 Å². The van der Waals surface area contributed by atoms with E-state index in [1.807, 2.05) is 30.3 Å². The molecule has 0 saturated carbocycles. The minimum atomic E-state index is 0.487. The maximum atomic E-state index is 6.12. The Morgan fingerprint density at radius 1 is 0.397 bits per heavy atom. The number of hydrogen-bond donors (Lipinski definition) is 0. The zero-order valence-corrected chi connectivity index (χ0v) is 31.0. The Balaban J connectivity index is 1.06. The van der Waals surface area contributed by atoms with Crippen molar-refractivity contribution in [3.63, 3.8) is 0 Å². The van der Waals surface area contributed by atoms with Crippen LogP contribution >= 0.6 is 0 Å². The lowest BCUT2D eigenvalue weighted by Crippen LogP contribution is -2.02. The summed E-state index contributed by atoms with van der Waals surface area (Å²) in [5.41, 5.74) is 9.47. The van der Waals surface area contributed by atoms with Crippen molar-refractivity contribution >= 4 is 65.3 Å². The number of benzene rings is 8. The molecular weight excluding hydrogens is 711 g/mol. The van der Waals surface area contributed by atoms with Crippen molar-refractivity contribution in [2.45, 2.75) is 0 Å². The zero-order chi connectivity index (χ0) is 38.2. The first-order chi connectivity index (χ1) is 28.7. The number of rotatable bonds is 5. The van der Waals surface area contributed by atoms with Crippen LogP contribution in [-0.4, -0.2) is 24.5 Å². The van der Waals surface area contributed by atoms with Crippen molar-refractivity contribution in [1.82, 2.24) is 24.5 Å². The highest BCUT2D eigenvalue weighted by Gasteiger charge is 2.20. The second kappa shape index (κ2) is 12.8. The molecule has 0 aliphatic carbocycles. The number of para-hydroxylation sites is 2. The molecule has 0 radical (unpaired) electrons. The highest BCUT2D eigenvalue weighted by atomic mass is 16.3. The first-order valence-electron chi connectivity index (χ1n) is 19.4. The van der Waals surface area contributed by atoms with E-state index in [9.17, 15) is 0 Å².